The summed E-state index contributed by atoms with van der Waals surface area (Å²) in [5.41, 5.74) is 2.71. The van der Waals surface area contributed by atoms with E-state index in [1.807, 2.05) is 25.1 Å². The van der Waals surface area contributed by atoms with Crippen molar-refractivity contribution in [2.45, 2.75) is 19.9 Å². The second-order valence-electron chi connectivity index (χ2n) is 6.77. The largest absolute Gasteiger partial charge is 0.356 e. The molecule has 8 nitrogen and oxygen atoms in total. The zero-order valence-corrected chi connectivity index (χ0v) is 20.1. The van der Waals surface area contributed by atoms with Gasteiger partial charge in [0.2, 0.25) is 5.91 Å². The van der Waals surface area contributed by atoms with E-state index in [2.05, 4.69) is 25.9 Å². The molecule has 1 aromatic carbocycles. The third-order valence-corrected chi connectivity index (χ3v) is 4.11. The zero-order chi connectivity index (χ0) is 21.2. The summed E-state index contributed by atoms with van der Waals surface area (Å²) in [4.78, 5) is 33.8. The van der Waals surface area contributed by atoms with Gasteiger partial charge in [0.1, 0.15) is 5.82 Å². The number of carbonyl (C=O) groups excluding carboxylic acids is 2. The van der Waals surface area contributed by atoms with Crippen molar-refractivity contribution in [1.29, 1.82) is 0 Å². The average molecular weight is 524 g/mol. The number of benzene rings is 1. The first-order valence-corrected chi connectivity index (χ1v) is 9.36. The highest BCUT2D eigenvalue weighted by Crippen LogP contribution is 2.06. The maximum atomic E-state index is 12.0. The van der Waals surface area contributed by atoms with Crippen LogP contribution in [0.1, 0.15) is 27.9 Å². The monoisotopic (exact) mass is 524 g/mol. The molecule has 0 saturated carbocycles. The Morgan fingerprint density at radius 2 is 1.77 bits per heavy atom. The first-order chi connectivity index (χ1) is 13.9. The maximum Gasteiger partial charge on any atom is 0.253 e. The van der Waals surface area contributed by atoms with E-state index in [0.29, 0.717) is 30.4 Å². The molecule has 3 N–H and O–H groups in total. The molecule has 0 aliphatic heterocycles. The summed E-state index contributed by atoms with van der Waals surface area (Å²) in [6, 6.07) is 11.1. The summed E-state index contributed by atoms with van der Waals surface area (Å²) in [7, 11) is 5.13. The van der Waals surface area contributed by atoms with Crippen LogP contribution in [0, 0.1) is 6.92 Å². The van der Waals surface area contributed by atoms with E-state index < -0.39 is 0 Å². The molecule has 9 heteroatoms. The van der Waals surface area contributed by atoms with Crippen molar-refractivity contribution in [2.75, 3.05) is 33.0 Å². The van der Waals surface area contributed by atoms with Crippen molar-refractivity contribution in [1.82, 2.24) is 20.5 Å². The van der Waals surface area contributed by atoms with Gasteiger partial charge in [0.05, 0.1) is 0 Å². The molecule has 0 aliphatic rings. The number of pyridine rings is 1. The quantitative estimate of drug-likeness (QED) is 0.294. The third kappa shape index (κ3) is 8.36. The summed E-state index contributed by atoms with van der Waals surface area (Å²) >= 11 is 0. The van der Waals surface area contributed by atoms with Crippen LogP contribution in [-0.2, 0) is 11.3 Å². The number of rotatable bonds is 7. The highest BCUT2D eigenvalue weighted by molar-refractivity contribution is 14.0. The molecule has 1 aromatic heterocycles. The molecule has 0 atom stereocenters. The van der Waals surface area contributed by atoms with E-state index >= 15 is 0 Å². The number of nitrogens with one attached hydrogen (secondary N) is 3. The molecular formula is C21H29IN6O2. The summed E-state index contributed by atoms with van der Waals surface area (Å²) in [6.45, 7) is 2.93. The van der Waals surface area contributed by atoms with E-state index in [9.17, 15) is 9.59 Å². The molecule has 1 heterocycles. The van der Waals surface area contributed by atoms with Crippen LogP contribution in [0.5, 0.6) is 0 Å². The van der Waals surface area contributed by atoms with Crippen LogP contribution in [0.2, 0.25) is 0 Å². The van der Waals surface area contributed by atoms with Crippen molar-refractivity contribution in [3.63, 3.8) is 0 Å². The number of hydrogen-bond acceptors (Lipinski definition) is 4. The number of aromatic nitrogens is 1. The lowest BCUT2D eigenvalue weighted by molar-refractivity contribution is -0.116. The lowest BCUT2D eigenvalue weighted by Crippen LogP contribution is -2.38. The third-order valence-electron chi connectivity index (χ3n) is 4.11. The molecule has 2 aromatic rings. The molecule has 0 fully saturated rings. The van der Waals surface area contributed by atoms with Gasteiger partial charge in [-0.1, -0.05) is 18.2 Å². The number of aliphatic imine (C=N–C) groups is 1. The first-order valence-electron chi connectivity index (χ1n) is 9.36. The van der Waals surface area contributed by atoms with Crippen LogP contribution < -0.4 is 16.0 Å². The van der Waals surface area contributed by atoms with E-state index in [1.165, 1.54) is 0 Å². The predicted molar refractivity (Wildman–Crippen MR) is 130 cm³/mol. The topological polar surface area (TPSA) is 98.7 Å². The van der Waals surface area contributed by atoms with Crippen molar-refractivity contribution in [3.05, 3.63) is 59.3 Å². The molecule has 2 rings (SSSR count). The van der Waals surface area contributed by atoms with Gasteiger partial charge in [-0.25, -0.2) is 4.98 Å². The standard InChI is InChI=1S/C21H28N6O2.HI/c1-15-5-10-18(24-13-15)26-19(28)11-12-23-21(22-2)25-14-16-6-8-17(9-7-16)20(29)27(3)4;/h5-10,13H,11-12,14H2,1-4H3,(H2,22,23,25)(H,24,26,28);1H. The van der Waals surface area contributed by atoms with Crippen LogP contribution in [0.3, 0.4) is 0 Å². The van der Waals surface area contributed by atoms with Gasteiger partial charge in [0.15, 0.2) is 5.96 Å². The minimum absolute atomic E-state index is 0. The number of hydrogen-bond donors (Lipinski definition) is 3. The Kier molecular flexibility index (Phi) is 10.8. The molecule has 0 aliphatic carbocycles. The number of nitrogens with zero attached hydrogens (tertiary/aromatic N) is 3. The molecule has 0 radical (unpaired) electrons. The highest BCUT2D eigenvalue weighted by Gasteiger charge is 2.08. The molecule has 162 valence electrons. The van der Waals surface area contributed by atoms with Gasteiger partial charge in [0.25, 0.3) is 5.91 Å². The van der Waals surface area contributed by atoms with E-state index in [4.69, 9.17) is 0 Å². The molecule has 2 amide bonds. The smallest absolute Gasteiger partial charge is 0.253 e. The van der Waals surface area contributed by atoms with Crippen LogP contribution in [0.15, 0.2) is 47.6 Å². The summed E-state index contributed by atoms with van der Waals surface area (Å²) in [6.07, 6.45) is 2.00. The van der Waals surface area contributed by atoms with Gasteiger partial charge in [-0.3, -0.25) is 14.6 Å². The minimum Gasteiger partial charge on any atom is -0.356 e. The predicted octanol–water partition coefficient (Wildman–Crippen LogP) is 2.40. The van der Waals surface area contributed by atoms with Gasteiger partial charge in [0, 0.05) is 52.4 Å². The van der Waals surface area contributed by atoms with Crippen molar-refractivity contribution in [2.24, 2.45) is 4.99 Å². The number of guanidine groups is 1. The van der Waals surface area contributed by atoms with Gasteiger partial charge < -0.3 is 20.9 Å². The Hall–Kier alpha value is -2.69. The molecule has 0 spiro atoms. The van der Waals surface area contributed by atoms with Crippen LogP contribution in [0.25, 0.3) is 0 Å². The summed E-state index contributed by atoms with van der Waals surface area (Å²) in [5.74, 6) is 0.991. The molecular weight excluding hydrogens is 495 g/mol. The second-order valence-corrected chi connectivity index (χ2v) is 6.77. The lowest BCUT2D eigenvalue weighted by Gasteiger charge is -2.13. The van der Waals surface area contributed by atoms with Gasteiger partial charge in [-0.15, -0.1) is 24.0 Å². The number of halogens is 1. The fourth-order valence-corrected chi connectivity index (χ4v) is 2.47. The van der Waals surface area contributed by atoms with Crippen LogP contribution >= 0.6 is 24.0 Å². The van der Waals surface area contributed by atoms with Crippen molar-refractivity contribution < 1.29 is 9.59 Å². The molecule has 0 bridgehead atoms. The van der Waals surface area contributed by atoms with E-state index in [1.54, 1.807) is 50.4 Å². The number of aryl methyl sites for hydroxylation is 1. The van der Waals surface area contributed by atoms with Gasteiger partial charge in [-0.05, 0) is 36.2 Å². The summed E-state index contributed by atoms with van der Waals surface area (Å²) in [5, 5.41) is 9.05. The fraction of sp³-hybridized carbons (Fsp3) is 0.333. The second kappa shape index (κ2) is 12.8. The average Bonchev–Trinajstić information content (AvgIpc) is 2.72. The van der Waals surface area contributed by atoms with Crippen LogP contribution in [-0.4, -0.2) is 55.3 Å². The number of amides is 2. The zero-order valence-electron chi connectivity index (χ0n) is 17.7. The van der Waals surface area contributed by atoms with E-state index in [0.717, 1.165) is 11.1 Å². The Labute approximate surface area is 194 Å². The van der Waals surface area contributed by atoms with Crippen molar-refractivity contribution in [3.8, 4) is 0 Å². The lowest BCUT2D eigenvalue weighted by atomic mass is 10.1. The van der Waals surface area contributed by atoms with Crippen LogP contribution in [0.4, 0.5) is 5.82 Å². The minimum atomic E-state index is -0.120. The maximum absolute atomic E-state index is 12.0. The SMILES string of the molecule is CN=C(NCCC(=O)Nc1ccc(C)cn1)NCc1ccc(C(=O)N(C)C)cc1.I. The normalized spacial score (nSPS) is 10.6. The highest BCUT2D eigenvalue weighted by atomic mass is 127. The number of anilines is 1. The Bertz CT molecular complexity index is 851. The van der Waals surface area contributed by atoms with Gasteiger partial charge in [-0.2, -0.15) is 0 Å². The molecule has 30 heavy (non-hydrogen) atoms. The molecule has 0 unspecified atom stereocenters. The number of carbonyl (C=O) groups is 2. The Morgan fingerprint density at radius 1 is 1.07 bits per heavy atom. The van der Waals surface area contributed by atoms with E-state index in [-0.39, 0.29) is 42.2 Å². The Balaban J connectivity index is 0.00000450. The fourth-order valence-electron chi connectivity index (χ4n) is 2.47. The van der Waals surface area contributed by atoms with Gasteiger partial charge >= 0.3 is 0 Å². The Morgan fingerprint density at radius 3 is 2.33 bits per heavy atom. The first kappa shape index (κ1) is 25.3. The summed E-state index contributed by atoms with van der Waals surface area (Å²) < 4.78 is 0. The van der Waals surface area contributed by atoms with Crippen molar-refractivity contribution >= 4 is 47.6 Å². The molecule has 0 saturated heterocycles.